The highest BCUT2D eigenvalue weighted by Gasteiger charge is 2.30. The lowest BCUT2D eigenvalue weighted by Gasteiger charge is -2.29. The Labute approximate surface area is 160 Å². The molecule has 0 aliphatic carbocycles. The van der Waals surface area contributed by atoms with Gasteiger partial charge in [-0.2, -0.15) is 5.10 Å². The molecule has 26 heavy (non-hydrogen) atoms. The summed E-state index contributed by atoms with van der Waals surface area (Å²) in [4.78, 5) is 14.5. The van der Waals surface area contributed by atoms with Crippen LogP contribution in [0.2, 0.25) is 0 Å². The number of rotatable bonds is 9. The molecule has 1 aliphatic rings. The molecule has 0 radical (unpaired) electrons. The molecular formula is C19H29N3O3S. The van der Waals surface area contributed by atoms with Crippen LogP contribution in [-0.4, -0.2) is 67.0 Å². The highest BCUT2D eigenvalue weighted by molar-refractivity contribution is 8.14. The number of amides is 1. The van der Waals surface area contributed by atoms with E-state index in [1.165, 1.54) is 11.8 Å². The van der Waals surface area contributed by atoms with E-state index in [-0.39, 0.29) is 10.5 Å². The highest BCUT2D eigenvalue weighted by Crippen LogP contribution is 2.33. The van der Waals surface area contributed by atoms with E-state index in [0.717, 1.165) is 36.4 Å². The van der Waals surface area contributed by atoms with Gasteiger partial charge in [0.1, 0.15) is 0 Å². The van der Waals surface area contributed by atoms with Crippen LogP contribution in [0, 0.1) is 0 Å². The molecular weight excluding hydrogens is 350 g/mol. The van der Waals surface area contributed by atoms with Gasteiger partial charge < -0.3 is 14.4 Å². The van der Waals surface area contributed by atoms with Crippen molar-refractivity contribution in [2.24, 2.45) is 5.10 Å². The van der Waals surface area contributed by atoms with Crippen LogP contribution in [0.15, 0.2) is 23.3 Å². The molecule has 6 nitrogen and oxygen atoms in total. The Morgan fingerprint density at radius 1 is 1.27 bits per heavy atom. The second-order valence-electron chi connectivity index (χ2n) is 6.34. The van der Waals surface area contributed by atoms with Gasteiger partial charge in [0, 0.05) is 12.1 Å². The van der Waals surface area contributed by atoms with E-state index in [1.54, 1.807) is 12.1 Å². The molecule has 1 aliphatic heterocycles. The lowest BCUT2D eigenvalue weighted by atomic mass is 10.0. The van der Waals surface area contributed by atoms with Crippen molar-refractivity contribution < 1.29 is 14.3 Å². The Bertz CT molecular complexity index is 649. The van der Waals surface area contributed by atoms with E-state index in [0.29, 0.717) is 18.9 Å². The maximum Gasteiger partial charge on any atom is 0.302 e. The van der Waals surface area contributed by atoms with E-state index in [9.17, 15) is 4.79 Å². The van der Waals surface area contributed by atoms with Crippen molar-refractivity contribution in [3.05, 3.63) is 23.8 Å². The first-order valence-corrected chi connectivity index (χ1v) is 9.90. The lowest BCUT2D eigenvalue weighted by molar-refractivity contribution is 0.221. The largest absolute Gasteiger partial charge is 0.493 e. The summed E-state index contributed by atoms with van der Waals surface area (Å²) in [7, 11) is 5.69. The van der Waals surface area contributed by atoms with Crippen LogP contribution < -0.4 is 9.47 Å². The summed E-state index contributed by atoms with van der Waals surface area (Å²) in [6.45, 7) is 6.15. The zero-order valence-corrected chi connectivity index (χ0v) is 17.1. The predicted molar refractivity (Wildman–Crippen MR) is 108 cm³/mol. The zero-order valence-electron chi connectivity index (χ0n) is 16.3. The minimum atomic E-state index is 0.0252. The SMILES string of the molecule is CCOc1ccc(C2=NN(CCCN(C)C)C(=O)SC2CC)cc1OC. The Morgan fingerprint density at radius 2 is 2.04 bits per heavy atom. The standard InChI is InChI=1S/C19H29N3O3S/c1-6-17-18(14-9-10-15(25-7-2)16(13-14)24-5)20-22(19(23)26-17)12-8-11-21(3)4/h9-10,13,17H,6-8,11-12H2,1-5H3. The summed E-state index contributed by atoms with van der Waals surface area (Å²) in [6.07, 6.45) is 1.73. The average molecular weight is 380 g/mol. The van der Waals surface area contributed by atoms with Gasteiger partial charge in [-0.25, -0.2) is 5.01 Å². The van der Waals surface area contributed by atoms with Crippen molar-refractivity contribution in [2.45, 2.75) is 31.9 Å². The van der Waals surface area contributed by atoms with Crippen molar-refractivity contribution in [3.8, 4) is 11.5 Å². The number of ether oxygens (including phenoxy) is 2. The molecule has 0 aromatic heterocycles. The maximum absolute atomic E-state index is 12.4. The summed E-state index contributed by atoms with van der Waals surface area (Å²) < 4.78 is 11.1. The number of hydrogen-bond donors (Lipinski definition) is 0. The van der Waals surface area contributed by atoms with Crippen molar-refractivity contribution in [2.75, 3.05) is 40.9 Å². The Morgan fingerprint density at radius 3 is 2.65 bits per heavy atom. The number of thioether (sulfide) groups is 1. The Kier molecular flexibility index (Phi) is 7.78. The molecule has 1 amide bonds. The van der Waals surface area contributed by atoms with Crippen LogP contribution in [0.25, 0.3) is 0 Å². The number of carbonyl (C=O) groups excluding carboxylic acids is 1. The lowest BCUT2D eigenvalue weighted by Crippen LogP contribution is -2.36. The van der Waals surface area contributed by atoms with Crippen molar-refractivity contribution in [3.63, 3.8) is 0 Å². The smallest absolute Gasteiger partial charge is 0.302 e. The molecule has 0 bridgehead atoms. The van der Waals surface area contributed by atoms with Gasteiger partial charge in [-0.15, -0.1) is 0 Å². The van der Waals surface area contributed by atoms with E-state index >= 15 is 0 Å². The van der Waals surface area contributed by atoms with Crippen molar-refractivity contribution in [1.82, 2.24) is 9.91 Å². The number of hydrogen-bond acceptors (Lipinski definition) is 6. The monoisotopic (exact) mass is 379 g/mol. The summed E-state index contributed by atoms with van der Waals surface area (Å²) in [5.41, 5.74) is 1.89. The quantitative estimate of drug-likeness (QED) is 0.655. The highest BCUT2D eigenvalue weighted by atomic mass is 32.2. The minimum absolute atomic E-state index is 0.0252. The van der Waals surface area contributed by atoms with Gasteiger partial charge >= 0.3 is 5.24 Å². The van der Waals surface area contributed by atoms with Crippen LogP contribution in [0.1, 0.15) is 32.3 Å². The molecule has 1 aromatic carbocycles. The van der Waals surface area contributed by atoms with Crippen LogP contribution >= 0.6 is 11.8 Å². The Balaban J connectivity index is 2.29. The molecule has 0 saturated heterocycles. The summed E-state index contributed by atoms with van der Waals surface area (Å²) in [6, 6.07) is 5.84. The van der Waals surface area contributed by atoms with E-state index < -0.39 is 0 Å². The molecule has 0 fully saturated rings. The Hall–Kier alpha value is -1.73. The molecule has 0 N–H and O–H groups in total. The van der Waals surface area contributed by atoms with Crippen LogP contribution in [0.5, 0.6) is 11.5 Å². The number of carbonyl (C=O) groups is 1. The fourth-order valence-corrected chi connectivity index (χ4v) is 3.73. The molecule has 1 aromatic rings. The van der Waals surface area contributed by atoms with Gasteiger partial charge in [-0.05, 0) is 58.6 Å². The van der Waals surface area contributed by atoms with E-state index in [1.807, 2.05) is 39.2 Å². The minimum Gasteiger partial charge on any atom is -0.493 e. The summed E-state index contributed by atoms with van der Waals surface area (Å²) >= 11 is 1.35. The number of nitrogens with zero attached hydrogens (tertiary/aromatic N) is 3. The molecule has 0 spiro atoms. The van der Waals surface area contributed by atoms with Gasteiger partial charge in [0.2, 0.25) is 0 Å². The molecule has 1 unspecified atom stereocenters. The second-order valence-corrected chi connectivity index (χ2v) is 7.50. The van der Waals surface area contributed by atoms with Crippen LogP contribution in [0.4, 0.5) is 4.79 Å². The van der Waals surface area contributed by atoms with Crippen LogP contribution in [0.3, 0.4) is 0 Å². The average Bonchev–Trinajstić information content (AvgIpc) is 2.63. The molecule has 0 saturated carbocycles. The number of methoxy groups -OCH3 is 1. The first-order chi connectivity index (χ1) is 12.5. The topological polar surface area (TPSA) is 54.4 Å². The number of hydrazone groups is 1. The zero-order chi connectivity index (χ0) is 19.1. The van der Waals surface area contributed by atoms with Crippen molar-refractivity contribution in [1.29, 1.82) is 0 Å². The maximum atomic E-state index is 12.4. The van der Waals surface area contributed by atoms with Crippen molar-refractivity contribution >= 4 is 22.7 Å². The van der Waals surface area contributed by atoms with Gasteiger partial charge in [-0.3, -0.25) is 4.79 Å². The molecule has 1 heterocycles. The van der Waals surface area contributed by atoms with E-state index in [2.05, 4.69) is 11.8 Å². The normalized spacial score (nSPS) is 17.5. The van der Waals surface area contributed by atoms with Crippen LogP contribution in [-0.2, 0) is 0 Å². The molecule has 1 atom stereocenters. The molecule has 7 heteroatoms. The van der Waals surface area contributed by atoms with Gasteiger partial charge in [0.15, 0.2) is 11.5 Å². The third-order valence-electron chi connectivity index (χ3n) is 4.09. The van der Waals surface area contributed by atoms with Gasteiger partial charge in [-0.1, -0.05) is 18.7 Å². The summed E-state index contributed by atoms with van der Waals surface area (Å²) in [5, 5.41) is 6.37. The first kappa shape index (κ1) is 20.6. The number of benzene rings is 1. The third kappa shape index (κ3) is 5.14. The molecule has 144 valence electrons. The first-order valence-electron chi connectivity index (χ1n) is 9.02. The van der Waals surface area contributed by atoms with Gasteiger partial charge in [0.25, 0.3) is 0 Å². The molecule has 2 rings (SSSR count). The fourth-order valence-electron chi connectivity index (χ4n) is 2.77. The summed E-state index contributed by atoms with van der Waals surface area (Å²) in [5.74, 6) is 1.40. The van der Waals surface area contributed by atoms with Gasteiger partial charge in [0.05, 0.1) is 24.7 Å². The van der Waals surface area contributed by atoms with E-state index in [4.69, 9.17) is 14.6 Å². The third-order valence-corrected chi connectivity index (χ3v) is 5.35. The predicted octanol–water partition coefficient (Wildman–Crippen LogP) is 3.70. The fraction of sp³-hybridized carbons (Fsp3) is 0.579. The second kappa shape index (κ2) is 9.83.